The quantitative estimate of drug-likeness (QED) is 0.746. The molecule has 3 rings (SSSR count). The Morgan fingerprint density at radius 3 is 2.76 bits per heavy atom. The number of amides is 2. The van der Waals surface area contributed by atoms with E-state index in [0.29, 0.717) is 6.42 Å². The van der Waals surface area contributed by atoms with E-state index in [0.717, 1.165) is 30.9 Å². The lowest BCUT2D eigenvalue weighted by Gasteiger charge is -2.20. The number of hydrogen-bond donors (Lipinski definition) is 3. The number of carbonyl (C=O) groups excluding carboxylic acids is 1. The number of aromatic nitrogens is 1. The fraction of sp³-hybridized carbons (Fsp3) is 0.368. The number of nitrogens with zero attached hydrogens (tertiary/aromatic N) is 2. The smallest absolute Gasteiger partial charge is 0.315 e. The SMILES string of the molecule is O=C(N[C@@H](CO)Cc1ccccc1)N[C@H]1CCN(c2ccccn2)C1. The molecule has 2 amide bonds. The van der Waals surface area contributed by atoms with E-state index in [4.69, 9.17) is 0 Å². The number of hydrogen-bond acceptors (Lipinski definition) is 4. The zero-order valence-corrected chi connectivity index (χ0v) is 14.1. The predicted molar refractivity (Wildman–Crippen MR) is 97.5 cm³/mol. The summed E-state index contributed by atoms with van der Waals surface area (Å²) in [6.45, 7) is 1.52. The van der Waals surface area contributed by atoms with Gasteiger partial charge in [0.15, 0.2) is 0 Å². The summed E-state index contributed by atoms with van der Waals surface area (Å²) < 4.78 is 0. The van der Waals surface area contributed by atoms with E-state index in [1.54, 1.807) is 6.20 Å². The van der Waals surface area contributed by atoms with Crippen LogP contribution in [0.4, 0.5) is 10.6 Å². The van der Waals surface area contributed by atoms with Gasteiger partial charge in [-0.15, -0.1) is 0 Å². The lowest BCUT2D eigenvalue weighted by molar-refractivity contribution is 0.213. The van der Waals surface area contributed by atoms with E-state index in [-0.39, 0.29) is 24.7 Å². The highest BCUT2D eigenvalue weighted by Gasteiger charge is 2.25. The molecule has 0 unspecified atom stereocenters. The molecule has 1 aromatic carbocycles. The Hall–Kier alpha value is -2.60. The first kappa shape index (κ1) is 17.2. The van der Waals surface area contributed by atoms with Gasteiger partial charge >= 0.3 is 6.03 Å². The number of rotatable bonds is 6. The predicted octanol–water partition coefficient (Wildman–Crippen LogP) is 1.56. The molecule has 1 saturated heterocycles. The van der Waals surface area contributed by atoms with Crippen molar-refractivity contribution in [1.29, 1.82) is 0 Å². The van der Waals surface area contributed by atoms with Crippen molar-refractivity contribution in [2.45, 2.75) is 24.9 Å². The van der Waals surface area contributed by atoms with Crippen LogP contribution in [0.25, 0.3) is 0 Å². The van der Waals surface area contributed by atoms with E-state index in [1.807, 2.05) is 48.5 Å². The number of urea groups is 1. The van der Waals surface area contributed by atoms with Gasteiger partial charge in [0.1, 0.15) is 5.82 Å². The summed E-state index contributed by atoms with van der Waals surface area (Å²) in [5.74, 6) is 0.935. The Morgan fingerprint density at radius 1 is 1.24 bits per heavy atom. The molecule has 3 N–H and O–H groups in total. The molecule has 0 aliphatic carbocycles. The molecular formula is C19H24N4O2. The third kappa shape index (κ3) is 4.93. The van der Waals surface area contributed by atoms with Crippen molar-refractivity contribution in [2.75, 3.05) is 24.6 Å². The topological polar surface area (TPSA) is 77.5 Å². The van der Waals surface area contributed by atoms with E-state index in [2.05, 4.69) is 20.5 Å². The van der Waals surface area contributed by atoms with Crippen molar-refractivity contribution >= 4 is 11.8 Å². The van der Waals surface area contributed by atoms with Crippen LogP contribution in [0.3, 0.4) is 0 Å². The molecule has 6 heteroatoms. The number of aliphatic hydroxyl groups excluding tert-OH is 1. The van der Waals surface area contributed by atoms with Crippen molar-refractivity contribution in [3.05, 3.63) is 60.3 Å². The van der Waals surface area contributed by atoms with Gasteiger partial charge in [-0.2, -0.15) is 0 Å². The van der Waals surface area contributed by atoms with E-state index in [9.17, 15) is 9.90 Å². The maximum atomic E-state index is 12.2. The van der Waals surface area contributed by atoms with Gasteiger partial charge in [0.2, 0.25) is 0 Å². The number of aliphatic hydroxyl groups is 1. The van der Waals surface area contributed by atoms with Crippen molar-refractivity contribution < 1.29 is 9.90 Å². The Labute approximate surface area is 147 Å². The van der Waals surface area contributed by atoms with Crippen LogP contribution >= 0.6 is 0 Å². The Morgan fingerprint density at radius 2 is 2.04 bits per heavy atom. The molecule has 0 radical (unpaired) electrons. The van der Waals surface area contributed by atoms with Crippen LogP contribution in [0.5, 0.6) is 0 Å². The maximum Gasteiger partial charge on any atom is 0.315 e. The lowest BCUT2D eigenvalue weighted by Crippen LogP contribution is -2.48. The molecule has 1 fully saturated rings. The van der Waals surface area contributed by atoms with Crippen LogP contribution in [0.2, 0.25) is 0 Å². The van der Waals surface area contributed by atoms with Crippen molar-refractivity contribution in [2.24, 2.45) is 0 Å². The third-order valence-electron chi connectivity index (χ3n) is 4.38. The minimum atomic E-state index is -0.296. The average molecular weight is 340 g/mol. The van der Waals surface area contributed by atoms with Crippen LogP contribution in [0.1, 0.15) is 12.0 Å². The molecule has 1 aliphatic rings. The van der Waals surface area contributed by atoms with Gasteiger partial charge in [-0.25, -0.2) is 9.78 Å². The summed E-state index contributed by atoms with van der Waals surface area (Å²) in [5, 5.41) is 15.4. The molecule has 2 heterocycles. The molecule has 1 aromatic heterocycles. The minimum absolute atomic E-state index is 0.0816. The second-order valence-corrected chi connectivity index (χ2v) is 6.31. The van der Waals surface area contributed by atoms with Gasteiger partial charge in [0, 0.05) is 25.3 Å². The molecule has 25 heavy (non-hydrogen) atoms. The second-order valence-electron chi connectivity index (χ2n) is 6.31. The Kier molecular flexibility index (Phi) is 5.85. The summed E-state index contributed by atoms with van der Waals surface area (Å²) in [5.41, 5.74) is 1.09. The van der Waals surface area contributed by atoms with Crippen molar-refractivity contribution in [3.63, 3.8) is 0 Å². The maximum absolute atomic E-state index is 12.2. The highest BCUT2D eigenvalue weighted by Crippen LogP contribution is 2.17. The van der Waals surface area contributed by atoms with Crippen LogP contribution in [-0.4, -0.2) is 47.9 Å². The number of pyridine rings is 1. The molecule has 0 saturated carbocycles. The monoisotopic (exact) mass is 340 g/mol. The number of nitrogens with one attached hydrogen (secondary N) is 2. The van der Waals surface area contributed by atoms with Crippen LogP contribution in [0.15, 0.2) is 54.7 Å². The Balaban J connectivity index is 1.47. The van der Waals surface area contributed by atoms with Crippen LogP contribution < -0.4 is 15.5 Å². The summed E-state index contributed by atoms with van der Waals surface area (Å²) in [6, 6.07) is 15.2. The van der Waals surface area contributed by atoms with E-state index >= 15 is 0 Å². The standard InChI is InChI=1S/C19H24N4O2/c24-14-17(12-15-6-2-1-3-7-15)22-19(25)21-16-9-11-23(13-16)18-8-4-5-10-20-18/h1-8,10,16-17,24H,9,11-14H2,(H2,21,22,25)/t16-,17+/m0/s1. The second kappa shape index (κ2) is 8.48. The lowest BCUT2D eigenvalue weighted by atomic mass is 10.1. The number of benzene rings is 1. The van der Waals surface area contributed by atoms with Crippen molar-refractivity contribution in [1.82, 2.24) is 15.6 Å². The molecule has 2 atom stereocenters. The zero-order chi connectivity index (χ0) is 17.5. The average Bonchev–Trinajstić information content (AvgIpc) is 3.11. The Bertz CT molecular complexity index is 666. The largest absolute Gasteiger partial charge is 0.394 e. The summed E-state index contributed by atoms with van der Waals surface area (Å²) in [4.78, 5) is 18.7. The third-order valence-corrected chi connectivity index (χ3v) is 4.38. The van der Waals surface area contributed by atoms with Gasteiger partial charge in [-0.1, -0.05) is 36.4 Å². The van der Waals surface area contributed by atoms with Crippen molar-refractivity contribution in [3.8, 4) is 0 Å². The molecule has 132 valence electrons. The van der Waals surface area contributed by atoms with Gasteiger partial charge < -0.3 is 20.6 Å². The summed E-state index contributed by atoms with van der Waals surface area (Å²) in [7, 11) is 0. The summed E-state index contributed by atoms with van der Waals surface area (Å²) in [6.07, 6.45) is 3.26. The number of anilines is 1. The molecule has 0 spiro atoms. The minimum Gasteiger partial charge on any atom is -0.394 e. The molecule has 0 bridgehead atoms. The first-order valence-electron chi connectivity index (χ1n) is 8.62. The fourth-order valence-corrected chi connectivity index (χ4v) is 3.10. The van der Waals surface area contributed by atoms with Crippen LogP contribution in [-0.2, 0) is 6.42 Å². The van der Waals surface area contributed by atoms with Gasteiger partial charge in [0.05, 0.1) is 12.6 Å². The first-order valence-corrected chi connectivity index (χ1v) is 8.62. The van der Waals surface area contributed by atoms with E-state index in [1.165, 1.54) is 0 Å². The molecule has 1 aliphatic heterocycles. The van der Waals surface area contributed by atoms with Gasteiger partial charge in [0.25, 0.3) is 0 Å². The highest BCUT2D eigenvalue weighted by molar-refractivity contribution is 5.74. The highest BCUT2D eigenvalue weighted by atomic mass is 16.3. The molecule has 6 nitrogen and oxygen atoms in total. The first-order chi connectivity index (χ1) is 12.2. The van der Waals surface area contributed by atoms with Gasteiger partial charge in [-0.05, 0) is 30.5 Å². The summed E-state index contributed by atoms with van der Waals surface area (Å²) >= 11 is 0. The zero-order valence-electron chi connectivity index (χ0n) is 14.1. The van der Waals surface area contributed by atoms with Gasteiger partial charge in [-0.3, -0.25) is 0 Å². The number of carbonyl (C=O) groups is 1. The van der Waals surface area contributed by atoms with Crippen LogP contribution in [0, 0.1) is 0 Å². The molecular weight excluding hydrogens is 316 g/mol. The molecule has 2 aromatic rings. The fourth-order valence-electron chi connectivity index (χ4n) is 3.10. The normalized spacial score (nSPS) is 18.0. The van der Waals surface area contributed by atoms with E-state index < -0.39 is 0 Å².